The predicted octanol–water partition coefficient (Wildman–Crippen LogP) is -0.912. The molecule has 0 unspecified atom stereocenters. The lowest BCUT2D eigenvalue weighted by molar-refractivity contribution is -0.151. The highest BCUT2D eigenvalue weighted by Crippen LogP contribution is 2.02. The molecule has 2 amide bonds. The predicted molar refractivity (Wildman–Crippen MR) is 189 cm³/mol. The first kappa shape index (κ1) is 50.0. The van der Waals surface area contributed by atoms with Gasteiger partial charge < -0.3 is 66.7 Å². The van der Waals surface area contributed by atoms with Gasteiger partial charge in [-0.15, -0.1) is 0 Å². The van der Waals surface area contributed by atoms with Crippen LogP contribution in [-0.4, -0.2) is 211 Å². The zero-order valence-electron chi connectivity index (χ0n) is 31.7. The molecule has 0 bridgehead atoms. The van der Waals surface area contributed by atoms with Gasteiger partial charge in [0, 0.05) is 18.6 Å². The van der Waals surface area contributed by atoms with E-state index in [-0.39, 0.29) is 44.6 Å². The smallest absolute Gasteiger partial charge is 0.372 e. The minimum atomic E-state index is -1.57. The van der Waals surface area contributed by atoms with Crippen molar-refractivity contribution >= 4 is 29.5 Å². The van der Waals surface area contributed by atoms with E-state index in [0.29, 0.717) is 145 Å². The summed E-state index contributed by atoms with van der Waals surface area (Å²) in [6, 6.07) is 0. The number of ketones is 1. The number of carboxylic acid groups (broad SMARTS) is 1. The van der Waals surface area contributed by atoms with Crippen LogP contribution in [0.4, 0.5) is 0 Å². The van der Waals surface area contributed by atoms with Crippen LogP contribution in [-0.2, 0) is 85.6 Å². The molecule has 0 aromatic carbocycles. The van der Waals surface area contributed by atoms with Crippen LogP contribution in [0, 0.1) is 0 Å². The van der Waals surface area contributed by atoms with Crippen molar-refractivity contribution in [3.05, 3.63) is 12.2 Å². The van der Waals surface area contributed by atoms with E-state index in [1.54, 1.807) is 0 Å². The van der Waals surface area contributed by atoms with E-state index in [4.69, 9.17) is 66.7 Å². The number of imide groups is 1. The number of carbonyl (C=O) groups excluding carboxylic acids is 4. The molecule has 0 spiro atoms. The summed E-state index contributed by atoms with van der Waals surface area (Å²) in [5, 5.41) is 8.45. The van der Waals surface area contributed by atoms with Gasteiger partial charge in [0.05, 0.1) is 172 Å². The maximum atomic E-state index is 11.4. The number of amides is 2. The number of Topliss-reactive ketones (excluding diaryl/α,β-unsaturated/α-hetero) is 1. The van der Waals surface area contributed by atoms with Crippen molar-refractivity contribution in [1.82, 2.24) is 4.90 Å². The molecule has 318 valence electrons. The highest BCUT2D eigenvalue weighted by Gasteiger charge is 2.22. The summed E-state index contributed by atoms with van der Waals surface area (Å²) < 4.78 is 69.8. The minimum absolute atomic E-state index is 0.00576. The molecule has 0 saturated carbocycles. The minimum Gasteiger partial charge on any atom is -0.476 e. The molecule has 0 aromatic heterocycles. The van der Waals surface area contributed by atoms with Crippen molar-refractivity contribution in [3.63, 3.8) is 0 Å². The van der Waals surface area contributed by atoms with Gasteiger partial charge in [-0.25, -0.2) is 4.79 Å². The molecule has 0 fully saturated rings. The monoisotopic (exact) mass is 797 g/mol. The molecular weight excluding hydrogens is 738 g/mol. The second-order valence-corrected chi connectivity index (χ2v) is 11.0. The standard InChI is InChI=1S/C35H59NO19/c37-31(35(41)42)1-4-34(40)55-30-29-54-28-27-53-26-25-52-24-23-51-22-21-50-20-19-49-18-17-48-16-15-47-14-13-46-12-11-45-10-9-44-8-7-43-6-5-36-32(38)2-3-33(36)39/h2-3H,1,4-30H2,(H,41,42). The van der Waals surface area contributed by atoms with Crippen molar-refractivity contribution in [2.45, 2.75) is 12.8 Å². The Morgan fingerprint density at radius 2 is 0.655 bits per heavy atom. The summed E-state index contributed by atoms with van der Waals surface area (Å²) in [7, 11) is 0. The van der Waals surface area contributed by atoms with Crippen LogP contribution in [0.15, 0.2) is 12.2 Å². The summed E-state index contributed by atoms with van der Waals surface area (Å²) in [5.74, 6) is -3.89. The normalized spacial score (nSPS) is 12.6. The van der Waals surface area contributed by atoms with Crippen molar-refractivity contribution in [2.24, 2.45) is 0 Å². The van der Waals surface area contributed by atoms with E-state index in [2.05, 4.69) is 0 Å². The highest BCUT2D eigenvalue weighted by molar-refractivity contribution is 6.32. The lowest BCUT2D eigenvalue weighted by atomic mass is 10.2. The molecule has 1 N–H and O–H groups in total. The molecule has 1 aliphatic heterocycles. The van der Waals surface area contributed by atoms with Crippen molar-refractivity contribution < 1.29 is 90.7 Å². The molecule has 0 aliphatic carbocycles. The van der Waals surface area contributed by atoms with Gasteiger partial charge in [-0.2, -0.15) is 0 Å². The third-order valence-electron chi connectivity index (χ3n) is 6.74. The van der Waals surface area contributed by atoms with E-state index in [1.807, 2.05) is 0 Å². The Labute approximate surface area is 321 Å². The van der Waals surface area contributed by atoms with Gasteiger partial charge in [-0.3, -0.25) is 24.1 Å². The number of hydrogen-bond acceptors (Lipinski definition) is 18. The van der Waals surface area contributed by atoms with E-state index in [9.17, 15) is 24.0 Å². The summed E-state index contributed by atoms with van der Waals surface area (Å²) in [6.45, 7) is 10.0. The van der Waals surface area contributed by atoms with Crippen LogP contribution in [0.5, 0.6) is 0 Å². The van der Waals surface area contributed by atoms with Gasteiger partial charge in [-0.1, -0.05) is 0 Å². The first-order valence-electron chi connectivity index (χ1n) is 18.3. The van der Waals surface area contributed by atoms with Gasteiger partial charge in [0.2, 0.25) is 5.78 Å². The van der Waals surface area contributed by atoms with Crippen LogP contribution in [0.25, 0.3) is 0 Å². The maximum absolute atomic E-state index is 11.4. The maximum Gasteiger partial charge on any atom is 0.372 e. The Morgan fingerprint density at radius 3 is 0.927 bits per heavy atom. The molecule has 1 rings (SSSR count). The Hall–Kier alpha value is -2.99. The van der Waals surface area contributed by atoms with Crippen molar-refractivity contribution in [1.29, 1.82) is 0 Å². The fourth-order valence-electron chi connectivity index (χ4n) is 3.94. The molecule has 1 aliphatic rings. The Balaban J connectivity index is 1.63. The average Bonchev–Trinajstić information content (AvgIpc) is 3.50. The lowest BCUT2D eigenvalue weighted by Gasteiger charge is -2.13. The summed E-state index contributed by atoms with van der Waals surface area (Å²) in [5.41, 5.74) is 0. The number of rotatable bonds is 43. The van der Waals surface area contributed by atoms with E-state index >= 15 is 0 Å². The fourth-order valence-corrected chi connectivity index (χ4v) is 3.94. The molecule has 20 nitrogen and oxygen atoms in total. The SMILES string of the molecule is O=C(CCC(=O)C(=O)O)OCCOCCOCCOCCOCCOCCOCCOCCOCCOCCOCCOCCOCCN1C(=O)C=CC1=O. The van der Waals surface area contributed by atoms with Crippen molar-refractivity contribution in [2.75, 3.05) is 172 Å². The fraction of sp³-hybridized carbons (Fsp3) is 0.800. The molecule has 0 radical (unpaired) electrons. The first-order valence-corrected chi connectivity index (χ1v) is 18.3. The number of esters is 1. The molecule has 55 heavy (non-hydrogen) atoms. The van der Waals surface area contributed by atoms with Gasteiger partial charge in [0.1, 0.15) is 6.61 Å². The molecule has 0 aromatic rings. The number of ether oxygens (including phenoxy) is 13. The van der Waals surface area contributed by atoms with E-state index in [0.717, 1.165) is 4.90 Å². The lowest BCUT2D eigenvalue weighted by Crippen LogP contribution is -2.33. The third kappa shape index (κ3) is 32.9. The van der Waals surface area contributed by atoms with Crippen LogP contribution in [0.2, 0.25) is 0 Å². The summed E-state index contributed by atoms with van der Waals surface area (Å²) >= 11 is 0. The number of hydrogen-bond donors (Lipinski definition) is 1. The zero-order chi connectivity index (χ0) is 39.9. The molecule has 1 heterocycles. The van der Waals surface area contributed by atoms with Crippen LogP contribution in [0.1, 0.15) is 12.8 Å². The Bertz CT molecular complexity index is 1010. The van der Waals surface area contributed by atoms with Crippen molar-refractivity contribution in [3.8, 4) is 0 Å². The molecular formula is C35H59NO19. The van der Waals surface area contributed by atoms with Gasteiger partial charge in [-0.05, 0) is 0 Å². The number of nitrogens with zero attached hydrogens (tertiary/aromatic N) is 1. The molecule has 20 heteroatoms. The van der Waals surface area contributed by atoms with Gasteiger partial charge >= 0.3 is 11.9 Å². The molecule has 0 atom stereocenters. The first-order chi connectivity index (χ1) is 26.9. The highest BCUT2D eigenvalue weighted by atomic mass is 16.6. The van der Waals surface area contributed by atoms with Crippen LogP contribution >= 0.6 is 0 Å². The van der Waals surface area contributed by atoms with E-state index in [1.165, 1.54) is 12.2 Å². The number of carboxylic acids is 1. The molecule has 0 saturated heterocycles. The quantitative estimate of drug-likeness (QED) is 0.0341. The van der Waals surface area contributed by atoms with Crippen LogP contribution < -0.4 is 0 Å². The average molecular weight is 798 g/mol. The third-order valence-corrected chi connectivity index (χ3v) is 6.74. The zero-order valence-corrected chi connectivity index (χ0v) is 31.7. The topological polar surface area (TPSA) is 229 Å². The summed E-state index contributed by atoms with van der Waals surface area (Å²) in [6.07, 6.45) is 1.82. The number of aliphatic carboxylic acids is 1. The summed E-state index contributed by atoms with van der Waals surface area (Å²) in [4.78, 5) is 56.6. The van der Waals surface area contributed by atoms with E-state index < -0.39 is 24.1 Å². The van der Waals surface area contributed by atoms with Gasteiger partial charge in [0.25, 0.3) is 11.8 Å². The Morgan fingerprint density at radius 1 is 0.400 bits per heavy atom. The van der Waals surface area contributed by atoms with Gasteiger partial charge in [0.15, 0.2) is 0 Å². The van der Waals surface area contributed by atoms with Crippen LogP contribution in [0.3, 0.4) is 0 Å². The Kier molecular flexibility index (Phi) is 34.5. The number of carbonyl (C=O) groups is 5. The second-order valence-electron chi connectivity index (χ2n) is 11.0. The second kappa shape index (κ2) is 37.9. The largest absolute Gasteiger partial charge is 0.476 e.